The van der Waals surface area contributed by atoms with Crippen molar-refractivity contribution in [1.29, 1.82) is 0 Å². The SMILES string of the molecule is COc1cc(N)ccc1S(=O)(=O)NN1CCN(C)CC1. The van der Waals surface area contributed by atoms with Crippen molar-refractivity contribution in [2.75, 3.05) is 46.1 Å². The van der Waals surface area contributed by atoms with Gasteiger partial charge in [0.05, 0.1) is 7.11 Å². The first-order valence-electron chi connectivity index (χ1n) is 6.32. The van der Waals surface area contributed by atoms with Crippen LogP contribution in [0.5, 0.6) is 5.75 Å². The Kier molecular flexibility index (Phi) is 4.48. The second kappa shape index (κ2) is 5.96. The third-order valence-electron chi connectivity index (χ3n) is 3.23. The van der Waals surface area contributed by atoms with Crippen molar-refractivity contribution in [2.45, 2.75) is 4.90 Å². The van der Waals surface area contributed by atoms with Gasteiger partial charge in [0.1, 0.15) is 10.6 Å². The number of piperazine rings is 1. The standard InChI is InChI=1S/C12H20N4O3S/c1-15-5-7-16(8-6-15)14-20(17,18)12-4-3-10(13)9-11(12)19-2/h3-4,9,14H,5-8,13H2,1-2H3. The molecule has 0 spiro atoms. The number of benzene rings is 1. The third-order valence-corrected chi connectivity index (χ3v) is 4.64. The lowest BCUT2D eigenvalue weighted by Crippen LogP contribution is -2.52. The molecule has 1 fully saturated rings. The summed E-state index contributed by atoms with van der Waals surface area (Å²) in [6.45, 7) is 2.93. The molecule has 1 aromatic rings. The number of anilines is 1. The maximum atomic E-state index is 12.4. The molecule has 8 heteroatoms. The maximum absolute atomic E-state index is 12.4. The van der Waals surface area contributed by atoms with Gasteiger partial charge in [-0.3, -0.25) is 0 Å². The minimum Gasteiger partial charge on any atom is -0.495 e. The van der Waals surface area contributed by atoms with Crippen LogP contribution >= 0.6 is 0 Å². The summed E-state index contributed by atoms with van der Waals surface area (Å²) in [6.07, 6.45) is 0. The van der Waals surface area contributed by atoms with Crippen molar-refractivity contribution in [3.63, 3.8) is 0 Å². The molecule has 0 saturated carbocycles. The summed E-state index contributed by atoms with van der Waals surface area (Å²) >= 11 is 0. The lowest BCUT2D eigenvalue weighted by atomic mass is 10.3. The number of likely N-dealkylation sites (N-methyl/N-ethyl adjacent to an activating group) is 1. The fourth-order valence-electron chi connectivity index (χ4n) is 2.02. The number of rotatable bonds is 4. The van der Waals surface area contributed by atoms with E-state index in [2.05, 4.69) is 9.73 Å². The Bertz CT molecular complexity index is 568. The summed E-state index contributed by atoms with van der Waals surface area (Å²) < 4.78 is 29.9. The predicted molar refractivity (Wildman–Crippen MR) is 76.8 cm³/mol. The summed E-state index contributed by atoms with van der Waals surface area (Å²) in [5.41, 5.74) is 6.09. The molecule has 2 rings (SSSR count). The van der Waals surface area contributed by atoms with Gasteiger partial charge in [-0.25, -0.2) is 13.4 Å². The number of hydrazine groups is 1. The Balaban J connectivity index is 2.18. The molecule has 0 aromatic heterocycles. The first-order valence-corrected chi connectivity index (χ1v) is 7.80. The number of nitrogen functional groups attached to an aromatic ring is 1. The van der Waals surface area contributed by atoms with Crippen molar-refractivity contribution in [3.8, 4) is 5.75 Å². The quantitative estimate of drug-likeness (QED) is 0.744. The van der Waals surface area contributed by atoms with Crippen LogP contribution in [0.3, 0.4) is 0 Å². The van der Waals surface area contributed by atoms with Gasteiger partial charge >= 0.3 is 0 Å². The van der Waals surface area contributed by atoms with E-state index in [4.69, 9.17) is 10.5 Å². The fraction of sp³-hybridized carbons (Fsp3) is 0.500. The zero-order chi connectivity index (χ0) is 14.8. The van der Waals surface area contributed by atoms with Gasteiger partial charge in [0, 0.05) is 37.9 Å². The molecule has 0 radical (unpaired) electrons. The average Bonchev–Trinajstić information content (AvgIpc) is 2.40. The third kappa shape index (κ3) is 3.40. The van der Waals surface area contributed by atoms with Crippen molar-refractivity contribution >= 4 is 15.7 Å². The number of nitrogens with two attached hydrogens (primary N) is 1. The number of methoxy groups -OCH3 is 1. The molecule has 7 nitrogen and oxygen atoms in total. The predicted octanol–water partition coefficient (Wildman–Crippen LogP) is -0.282. The largest absolute Gasteiger partial charge is 0.495 e. The number of sulfonamides is 1. The second-order valence-corrected chi connectivity index (χ2v) is 6.42. The van der Waals surface area contributed by atoms with Gasteiger partial charge < -0.3 is 15.4 Å². The van der Waals surface area contributed by atoms with E-state index in [1.807, 2.05) is 7.05 Å². The molecular formula is C12H20N4O3S. The molecule has 0 bridgehead atoms. The Labute approximate surface area is 119 Å². The van der Waals surface area contributed by atoms with E-state index in [1.165, 1.54) is 19.2 Å². The minimum absolute atomic E-state index is 0.0909. The highest BCUT2D eigenvalue weighted by Gasteiger charge is 2.24. The van der Waals surface area contributed by atoms with Crippen LogP contribution in [-0.2, 0) is 10.0 Å². The molecule has 20 heavy (non-hydrogen) atoms. The molecule has 1 aromatic carbocycles. The van der Waals surface area contributed by atoms with Crippen molar-refractivity contribution in [3.05, 3.63) is 18.2 Å². The summed E-state index contributed by atoms with van der Waals surface area (Å²) in [4.78, 5) is 4.82. The van der Waals surface area contributed by atoms with Crippen molar-refractivity contribution in [1.82, 2.24) is 14.7 Å². The van der Waals surface area contributed by atoms with Gasteiger partial charge in [0.25, 0.3) is 10.0 Å². The first-order chi connectivity index (χ1) is 9.42. The number of ether oxygens (including phenoxy) is 1. The number of nitrogens with zero attached hydrogens (tertiary/aromatic N) is 2. The van der Waals surface area contributed by atoms with Crippen LogP contribution in [0.4, 0.5) is 5.69 Å². The normalized spacial score (nSPS) is 18.1. The average molecular weight is 300 g/mol. The summed E-state index contributed by atoms with van der Waals surface area (Å²) in [5, 5.41) is 1.70. The Morgan fingerprint density at radius 1 is 1.25 bits per heavy atom. The highest BCUT2D eigenvalue weighted by molar-refractivity contribution is 7.89. The molecule has 1 saturated heterocycles. The molecule has 3 N–H and O–H groups in total. The Morgan fingerprint density at radius 2 is 1.90 bits per heavy atom. The van der Waals surface area contributed by atoms with E-state index in [-0.39, 0.29) is 10.6 Å². The van der Waals surface area contributed by atoms with Crippen LogP contribution < -0.4 is 15.3 Å². The van der Waals surface area contributed by atoms with E-state index in [0.29, 0.717) is 18.8 Å². The zero-order valence-electron chi connectivity index (χ0n) is 11.7. The molecule has 112 valence electrons. The van der Waals surface area contributed by atoms with Gasteiger partial charge in [-0.1, -0.05) is 0 Å². The first kappa shape index (κ1) is 15.0. The molecule has 0 unspecified atom stereocenters. The molecule has 1 aliphatic rings. The Morgan fingerprint density at radius 3 is 2.50 bits per heavy atom. The lowest BCUT2D eigenvalue weighted by molar-refractivity contribution is 0.134. The minimum atomic E-state index is -3.66. The van der Waals surface area contributed by atoms with E-state index in [1.54, 1.807) is 11.1 Å². The molecule has 1 aliphatic heterocycles. The van der Waals surface area contributed by atoms with Gasteiger partial charge in [-0.15, -0.1) is 4.83 Å². The van der Waals surface area contributed by atoms with Crippen LogP contribution in [-0.4, -0.2) is 58.7 Å². The van der Waals surface area contributed by atoms with E-state index in [0.717, 1.165) is 13.1 Å². The van der Waals surface area contributed by atoms with E-state index >= 15 is 0 Å². The Hall–Kier alpha value is -1.35. The lowest BCUT2D eigenvalue weighted by Gasteiger charge is -2.32. The summed E-state index contributed by atoms with van der Waals surface area (Å²) in [5.74, 6) is 0.242. The number of nitrogens with one attached hydrogen (secondary N) is 1. The molecule has 1 heterocycles. The van der Waals surface area contributed by atoms with Crippen LogP contribution in [0.2, 0.25) is 0 Å². The smallest absolute Gasteiger partial charge is 0.257 e. The van der Waals surface area contributed by atoms with E-state index < -0.39 is 10.0 Å². The van der Waals surface area contributed by atoms with Gasteiger partial charge in [0.2, 0.25) is 0 Å². The van der Waals surface area contributed by atoms with Crippen LogP contribution in [0.15, 0.2) is 23.1 Å². The highest BCUT2D eigenvalue weighted by atomic mass is 32.2. The highest BCUT2D eigenvalue weighted by Crippen LogP contribution is 2.26. The van der Waals surface area contributed by atoms with Crippen molar-refractivity contribution in [2.24, 2.45) is 0 Å². The van der Waals surface area contributed by atoms with E-state index in [9.17, 15) is 8.42 Å². The van der Waals surface area contributed by atoms with Crippen LogP contribution in [0.1, 0.15) is 0 Å². The van der Waals surface area contributed by atoms with Gasteiger partial charge in [0.15, 0.2) is 0 Å². The maximum Gasteiger partial charge on any atom is 0.257 e. The summed E-state index contributed by atoms with van der Waals surface area (Å²) in [7, 11) is -0.231. The monoisotopic (exact) mass is 300 g/mol. The molecule has 0 aliphatic carbocycles. The molecule has 0 amide bonds. The van der Waals surface area contributed by atoms with Crippen LogP contribution in [0.25, 0.3) is 0 Å². The van der Waals surface area contributed by atoms with Gasteiger partial charge in [-0.05, 0) is 19.2 Å². The zero-order valence-corrected chi connectivity index (χ0v) is 12.5. The second-order valence-electron chi connectivity index (χ2n) is 4.80. The van der Waals surface area contributed by atoms with Crippen molar-refractivity contribution < 1.29 is 13.2 Å². The fourth-order valence-corrected chi connectivity index (χ4v) is 3.30. The molecular weight excluding hydrogens is 280 g/mol. The number of hydrogen-bond donors (Lipinski definition) is 2. The molecule has 0 atom stereocenters. The number of hydrogen-bond acceptors (Lipinski definition) is 6. The topological polar surface area (TPSA) is 87.9 Å². The van der Waals surface area contributed by atoms with Gasteiger partial charge in [-0.2, -0.15) is 0 Å². The van der Waals surface area contributed by atoms with Crippen LogP contribution in [0, 0.1) is 0 Å². The summed E-state index contributed by atoms with van der Waals surface area (Å²) in [6, 6.07) is 4.49.